The molecule has 0 saturated carbocycles. The lowest BCUT2D eigenvalue weighted by Gasteiger charge is -2.17. The van der Waals surface area contributed by atoms with Gasteiger partial charge in [0.05, 0.1) is 18.2 Å². The van der Waals surface area contributed by atoms with Gasteiger partial charge in [-0.05, 0) is 26.8 Å². The largest absolute Gasteiger partial charge is 0.457 e. The number of nitrogens with zero attached hydrogens (tertiary/aromatic N) is 2. The van der Waals surface area contributed by atoms with Crippen molar-refractivity contribution < 1.29 is 9.53 Å². The lowest BCUT2D eigenvalue weighted by atomic mass is 10.2. The van der Waals surface area contributed by atoms with Crippen LogP contribution in [0.2, 0.25) is 0 Å². The van der Waals surface area contributed by atoms with Crippen molar-refractivity contribution in [1.29, 1.82) is 0 Å². The summed E-state index contributed by atoms with van der Waals surface area (Å²) in [6.45, 7) is 5.51. The van der Waals surface area contributed by atoms with E-state index in [9.17, 15) is 4.79 Å². The van der Waals surface area contributed by atoms with Crippen molar-refractivity contribution in [3.63, 3.8) is 0 Å². The number of rotatable bonds is 2. The third kappa shape index (κ3) is 3.97. The first-order valence-electron chi connectivity index (χ1n) is 4.76. The fourth-order valence-electron chi connectivity index (χ4n) is 1.02. The molecule has 0 amide bonds. The van der Waals surface area contributed by atoms with E-state index in [4.69, 9.17) is 4.74 Å². The van der Waals surface area contributed by atoms with Gasteiger partial charge in [0.1, 0.15) is 5.60 Å². The van der Waals surface area contributed by atoms with Crippen molar-refractivity contribution >= 4 is 12.0 Å². The van der Waals surface area contributed by atoms with Crippen LogP contribution in [0.3, 0.4) is 0 Å². The van der Waals surface area contributed by atoms with Gasteiger partial charge in [0, 0.05) is 13.1 Å². The molecule has 0 radical (unpaired) electrons. The van der Waals surface area contributed by atoms with Crippen LogP contribution in [0.25, 0.3) is 6.08 Å². The van der Waals surface area contributed by atoms with E-state index in [2.05, 4.69) is 4.98 Å². The third-order valence-corrected chi connectivity index (χ3v) is 1.65. The minimum absolute atomic E-state index is 0.344. The van der Waals surface area contributed by atoms with E-state index in [0.29, 0.717) is 0 Å². The van der Waals surface area contributed by atoms with E-state index in [1.165, 1.54) is 6.08 Å². The van der Waals surface area contributed by atoms with E-state index < -0.39 is 5.60 Å². The Bertz CT molecular complexity index is 372. The minimum atomic E-state index is -0.451. The average Bonchev–Trinajstić information content (AvgIpc) is 2.44. The highest BCUT2D eigenvalue weighted by Crippen LogP contribution is 2.08. The van der Waals surface area contributed by atoms with Crippen LogP contribution in [0.1, 0.15) is 26.5 Å². The summed E-state index contributed by atoms with van der Waals surface area (Å²) < 4.78 is 6.94. The molecular weight excluding hydrogens is 192 g/mol. The number of carbonyl (C=O) groups is 1. The molecule has 0 saturated heterocycles. The van der Waals surface area contributed by atoms with Gasteiger partial charge in [0.15, 0.2) is 0 Å². The predicted octanol–water partition coefficient (Wildman–Crippen LogP) is 1.77. The van der Waals surface area contributed by atoms with Crippen molar-refractivity contribution in [2.75, 3.05) is 0 Å². The number of aromatic nitrogens is 2. The van der Waals surface area contributed by atoms with Crippen molar-refractivity contribution in [2.45, 2.75) is 26.4 Å². The minimum Gasteiger partial charge on any atom is -0.457 e. The maximum atomic E-state index is 11.3. The first-order chi connectivity index (χ1) is 6.88. The fraction of sp³-hybridized carbons (Fsp3) is 0.455. The highest BCUT2D eigenvalue weighted by molar-refractivity contribution is 5.86. The Labute approximate surface area is 89.6 Å². The molecule has 4 nitrogen and oxygen atoms in total. The zero-order valence-corrected chi connectivity index (χ0v) is 9.52. The molecule has 1 aromatic heterocycles. The second-order valence-electron chi connectivity index (χ2n) is 4.30. The number of carbonyl (C=O) groups excluding carboxylic acids is 1. The summed E-state index contributed by atoms with van der Waals surface area (Å²) in [6, 6.07) is 0. The van der Waals surface area contributed by atoms with Gasteiger partial charge >= 0.3 is 5.97 Å². The summed E-state index contributed by atoms with van der Waals surface area (Å²) in [7, 11) is 1.86. The quantitative estimate of drug-likeness (QED) is 0.549. The first kappa shape index (κ1) is 11.5. The van der Waals surface area contributed by atoms with Gasteiger partial charge in [-0.1, -0.05) is 0 Å². The molecule has 1 heterocycles. The topological polar surface area (TPSA) is 44.1 Å². The number of hydrogen-bond acceptors (Lipinski definition) is 3. The van der Waals surface area contributed by atoms with Crippen LogP contribution >= 0.6 is 0 Å². The maximum absolute atomic E-state index is 11.3. The van der Waals surface area contributed by atoms with Crippen molar-refractivity contribution in [2.24, 2.45) is 7.05 Å². The Morgan fingerprint density at radius 3 is 2.67 bits per heavy atom. The van der Waals surface area contributed by atoms with E-state index >= 15 is 0 Å². The summed E-state index contributed by atoms with van der Waals surface area (Å²) in [6.07, 6.45) is 6.44. The van der Waals surface area contributed by atoms with Crippen LogP contribution in [-0.2, 0) is 16.6 Å². The maximum Gasteiger partial charge on any atom is 0.331 e. The lowest BCUT2D eigenvalue weighted by molar-refractivity contribution is -0.148. The molecule has 0 atom stereocenters. The Hall–Kier alpha value is -1.58. The number of esters is 1. The molecule has 0 bridgehead atoms. The Morgan fingerprint density at radius 2 is 2.20 bits per heavy atom. The number of hydrogen-bond donors (Lipinski definition) is 0. The summed E-state index contributed by atoms with van der Waals surface area (Å²) in [5.74, 6) is -0.344. The Morgan fingerprint density at radius 1 is 1.53 bits per heavy atom. The first-order valence-corrected chi connectivity index (χ1v) is 4.76. The molecule has 4 heteroatoms. The zero-order valence-electron chi connectivity index (χ0n) is 9.52. The smallest absolute Gasteiger partial charge is 0.331 e. The van der Waals surface area contributed by atoms with Crippen LogP contribution in [0, 0.1) is 0 Å². The zero-order chi connectivity index (χ0) is 11.5. The van der Waals surface area contributed by atoms with E-state index in [0.717, 1.165) is 5.69 Å². The third-order valence-electron chi connectivity index (χ3n) is 1.65. The average molecular weight is 208 g/mol. The molecular formula is C11H16N2O2. The summed E-state index contributed by atoms with van der Waals surface area (Å²) in [5, 5.41) is 0. The highest BCUT2D eigenvalue weighted by atomic mass is 16.6. The SMILES string of the molecule is Cn1cncc1/C=C/C(=O)OC(C)(C)C. The molecule has 0 aliphatic heterocycles. The number of aryl methyl sites for hydroxylation is 1. The van der Waals surface area contributed by atoms with Crippen molar-refractivity contribution in [3.8, 4) is 0 Å². The van der Waals surface area contributed by atoms with Gasteiger partial charge in [-0.3, -0.25) is 0 Å². The molecule has 1 rings (SSSR count). The van der Waals surface area contributed by atoms with Gasteiger partial charge < -0.3 is 9.30 Å². The number of imidazole rings is 1. The Balaban J connectivity index is 2.59. The fourth-order valence-corrected chi connectivity index (χ4v) is 1.02. The molecule has 0 spiro atoms. The molecule has 15 heavy (non-hydrogen) atoms. The molecule has 0 unspecified atom stereocenters. The normalized spacial score (nSPS) is 12.0. The highest BCUT2D eigenvalue weighted by Gasteiger charge is 2.13. The molecule has 0 aliphatic carbocycles. The lowest BCUT2D eigenvalue weighted by Crippen LogP contribution is -2.22. The van der Waals surface area contributed by atoms with Gasteiger partial charge in [0.25, 0.3) is 0 Å². The van der Waals surface area contributed by atoms with E-state index in [1.54, 1.807) is 18.6 Å². The molecule has 0 N–H and O–H groups in total. The molecule has 0 aromatic carbocycles. The standard InChI is InChI=1S/C11H16N2O2/c1-11(2,3)15-10(14)6-5-9-7-12-8-13(9)4/h5-8H,1-4H3/b6-5+. The summed E-state index contributed by atoms with van der Waals surface area (Å²) in [4.78, 5) is 15.3. The van der Waals surface area contributed by atoms with Crippen LogP contribution in [0.15, 0.2) is 18.6 Å². The van der Waals surface area contributed by atoms with Gasteiger partial charge in [-0.15, -0.1) is 0 Å². The van der Waals surface area contributed by atoms with Crippen LogP contribution in [-0.4, -0.2) is 21.1 Å². The van der Waals surface area contributed by atoms with Gasteiger partial charge in [-0.25, -0.2) is 9.78 Å². The van der Waals surface area contributed by atoms with Crippen molar-refractivity contribution in [3.05, 3.63) is 24.3 Å². The van der Waals surface area contributed by atoms with E-state index in [-0.39, 0.29) is 5.97 Å². The monoisotopic (exact) mass is 208 g/mol. The second-order valence-corrected chi connectivity index (χ2v) is 4.30. The van der Waals surface area contributed by atoms with Crippen LogP contribution in [0.5, 0.6) is 0 Å². The van der Waals surface area contributed by atoms with Crippen molar-refractivity contribution in [1.82, 2.24) is 9.55 Å². The molecule has 0 aliphatic rings. The molecule has 82 valence electrons. The summed E-state index contributed by atoms with van der Waals surface area (Å²) >= 11 is 0. The summed E-state index contributed by atoms with van der Waals surface area (Å²) in [5.41, 5.74) is 0.411. The van der Waals surface area contributed by atoms with Gasteiger partial charge in [-0.2, -0.15) is 0 Å². The van der Waals surface area contributed by atoms with E-state index in [1.807, 2.05) is 32.4 Å². The van der Waals surface area contributed by atoms with Gasteiger partial charge in [0.2, 0.25) is 0 Å². The molecule has 0 fully saturated rings. The van der Waals surface area contributed by atoms with Crippen LogP contribution < -0.4 is 0 Å². The molecule has 1 aromatic rings. The second kappa shape index (κ2) is 4.29. The predicted molar refractivity (Wildman–Crippen MR) is 58.1 cm³/mol. The van der Waals surface area contributed by atoms with Crippen LogP contribution in [0.4, 0.5) is 0 Å². The number of ether oxygens (including phenoxy) is 1. The Kier molecular flexibility index (Phi) is 3.29.